The fourth-order valence-electron chi connectivity index (χ4n) is 4.22. The van der Waals surface area contributed by atoms with Crippen molar-refractivity contribution in [1.29, 1.82) is 0 Å². The third kappa shape index (κ3) is 6.24. The minimum Gasteiger partial charge on any atom is -0.494 e. The highest BCUT2D eigenvalue weighted by Gasteiger charge is 2.54. The molecule has 1 heterocycles. The van der Waals surface area contributed by atoms with E-state index in [2.05, 4.69) is 27.8 Å². The first-order valence-corrected chi connectivity index (χ1v) is 13.6. The van der Waals surface area contributed by atoms with Crippen molar-refractivity contribution in [3.8, 4) is 5.75 Å². The second kappa shape index (κ2) is 12.8. The van der Waals surface area contributed by atoms with Gasteiger partial charge in [0.2, 0.25) is 5.90 Å². The summed E-state index contributed by atoms with van der Waals surface area (Å²) < 4.78 is 13.0. The van der Waals surface area contributed by atoms with Gasteiger partial charge in [0, 0.05) is 51.6 Å². The highest BCUT2D eigenvalue weighted by molar-refractivity contribution is 9.10. The van der Waals surface area contributed by atoms with E-state index in [0.29, 0.717) is 45.8 Å². The molecule has 3 aromatic carbocycles. The molecule has 0 fully saturated rings. The van der Waals surface area contributed by atoms with Crippen molar-refractivity contribution in [2.24, 2.45) is 4.99 Å². The van der Waals surface area contributed by atoms with E-state index in [1.165, 1.54) is 0 Å². The predicted molar refractivity (Wildman–Crippen MR) is 154 cm³/mol. The van der Waals surface area contributed by atoms with E-state index in [4.69, 9.17) is 42.8 Å². The Morgan fingerprint density at radius 2 is 1.95 bits per heavy atom. The molecule has 0 saturated carbocycles. The molecule has 9 heteroatoms. The van der Waals surface area contributed by atoms with Gasteiger partial charge in [0.1, 0.15) is 5.75 Å². The van der Waals surface area contributed by atoms with Gasteiger partial charge in [-0.25, -0.2) is 4.99 Å². The number of aliphatic imine (C=N–C) groups is 1. The summed E-state index contributed by atoms with van der Waals surface area (Å²) in [5, 5.41) is 12.8. The maximum atomic E-state index is 13.9. The Kier molecular flexibility index (Phi) is 9.49. The number of ether oxygens (including phenoxy) is 2. The van der Waals surface area contributed by atoms with Crippen LogP contribution in [-0.2, 0) is 16.0 Å². The molecule has 1 aliphatic rings. The van der Waals surface area contributed by atoms with Crippen molar-refractivity contribution in [2.75, 3.05) is 19.8 Å². The van der Waals surface area contributed by atoms with Crippen molar-refractivity contribution < 1.29 is 19.4 Å². The van der Waals surface area contributed by atoms with Gasteiger partial charge in [-0.15, -0.1) is 6.58 Å². The minimum atomic E-state index is -1.38. The van der Waals surface area contributed by atoms with Crippen molar-refractivity contribution in [2.45, 2.75) is 24.5 Å². The zero-order valence-electron chi connectivity index (χ0n) is 20.5. The summed E-state index contributed by atoms with van der Waals surface area (Å²) in [6.07, 6.45) is 1.56. The van der Waals surface area contributed by atoms with E-state index >= 15 is 0 Å². The molecule has 2 atom stereocenters. The molecule has 6 nitrogen and oxygen atoms in total. The van der Waals surface area contributed by atoms with Crippen LogP contribution in [0.15, 0.2) is 88.9 Å². The van der Waals surface area contributed by atoms with Crippen LogP contribution in [0, 0.1) is 0 Å². The Bertz CT molecular complexity index is 1330. The third-order valence-electron chi connectivity index (χ3n) is 6.10. The van der Waals surface area contributed by atoms with Crippen LogP contribution in [0.25, 0.3) is 0 Å². The van der Waals surface area contributed by atoms with Crippen LogP contribution < -0.4 is 10.1 Å². The fourth-order valence-corrected chi connectivity index (χ4v) is 5.16. The third-order valence-corrected chi connectivity index (χ3v) is 7.44. The Balaban J connectivity index is 1.81. The summed E-state index contributed by atoms with van der Waals surface area (Å²) in [6.45, 7) is 4.46. The maximum Gasteiger partial charge on any atom is 0.252 e. The summed E-state index contributed by atoms with van der Waals surface area (Å²) in [5.74, 6) is 0.646. The second-order valence-corrected chi connectivity index (χ2v) is 10.4. The second-order valence-electron chi connectivity index (χ2n) is 8.72. The molecule has 0 bridgehead atoms. The fraction of sp³-hybridized carbons (Fsp3) is 0.241. The Morgan fingerprint density at radius 3 is 2.63 bits per heavy atom. The average Bonchev–Trinajstić information content (AvgIpc) is 3.29. The van der Waals surface area contributed by atoms with Gasteiger partial charge < -0.3 is 19.9 Å². The first-order chi connectivity index (χ1) is 18.4. The molecule has 0 aliphatic carbocycles. The number of nitrogens with one attached hydrogen (secondary N) is 1. The lowest BCUT2D eigenvalue weighted by Crippen LogP contribution is -2.50. The lowest BCUT2D eigenvalue weighted by molar-refractivity contribution is -0.128. The summed E-state index contributed by atoms with van der Waals surface area (Å²) in [6, 6.07) is 20.0. The van der Waals surface area contributed by atoms with Crippen LogP contribution in [0.1, 0.15) is 29.2 Å². The molecule has 0 unspecified atom stereocenters. The smallest absolute Gasteiger partial charge is 0.252 e. The summed E-state index contributed by atoms with van der Waals surface area (Å²) in [4.78, 5) is 18.9. The Labute approximate surface area is 240 Å². The van der Waals surface area contributed by atoms with Crippen LogP contribution in [0.4, 0.5) is 0 Å². The van der Waals surface area contributed by atoms with Crippen molar-refractivity contribution >= 4 is 50.9 Å². The van der Waals surface area contributed by atoms with Gasteiger partial charge in [0.25, 0.3) is 5.91 Å². The molecule has 2 N–H and O–H groups in total. The number of amides is 1. The van der Waals surface area contributed by atoms with E-state index in [1.54, 1.807) is 36.4 Å². The number of benzene rings is 3. The summed E-state index contributed by atoms with van der Waals surface area (Å²) in [5.41, 5.74) is 0.785. The van der Waals surface area contributed by atoms with E-state index < -0.39 is 11.6 Å². The van der Waals surface area contributed by atoms with Crippen LogP contribution in [-0.4, -0.2) is 42.2 Å². The maximum absolute atomic E-state index is 13.9. The quantitative estimate of drug-likeness (QED) is 0.195. The van der Waals surface area contributed by atoms with Crippen LogP contribution in [0.2, 0.25) is 10.0 Å². The predicted octanol–water partition coefficient (Wildman–Crippen LogP) is 6.32. The number of carbonyl (C=O) groups is 1. The largest absolute Gasteiger partial charge is 0.494 e. The van der Waals surface area contributed by atoms with Gasteiger partial charge in [-0.3, -0.25) is 4.79 Å². The molecular formula is C29H27BrCl2N2O4. The van der Waals surface area contributed by atoms with Crippen molar-refractivity contribution in [3.05, 3.63) is 111 Å². The highest BCUT2D eigenvalue weighted by atomic mass is 79.9. The molecule has 198 valence electrons. The number of halogens is 3. The first-order valence-electron chi connectivity index (χ1n) is 12.1. The topological polar surface area (TPSA) is 80.2 Å². The molecule has 1 amide bonds. The Morgan fingerprint density at radius 1 is 1.18 bits per heavy atom. The van der Waals surface area contributed by atoms with Crippen molar-refractivity contribution in [3.63, 3.8) is 0 Å². The van der Waals surface area contributed by atoms with E-state index in [1.807, 2.05) is 36.4 Å². The first kappa shape index (κ1) is 28.2. The number of nitrogens with zero attached hydrogens (tertiary/aromatic N) is 1. The lowest BCUT2D eigenvalue weighted by Gasteiger charge is -2.31. The monoisotopic (exact) mass is 616 g/mol. The zero-order valence-corrected chi connectivity index (χ0v) is 23.6. The molecular weight excluding hydrogens is 591 g/mol. The number of hydrogen-bond acceptors (Lipinski definition) is 5. The standard InChI is InChI=1S/C29H27BrCl2N2O4/c1-2-14-33-28(36)29(18-20-6-3-4-7-24(20)30)26(23-13-10-21(31)17-25(23)32)38-27(34-29)19-8-11-22(12-9-19)37-16-5-15-35/h2-4,6-13,17,26,35H,1,5,14-16,18H2,(H,33,36)/t26-,29-/m1/s1. The van der Waals surface area contributed by atoms with E-state index in [9.17, 15) is 4.79 Å². The van der Waals surface area contributed by atoms with E-state index in [-0.39, 0.29) is 25.5 Å². The number of carbonyl (C=O) groups excluding carboxylic acids is 1. The van der Waals surface area contributed by atoms with Gasteiger partial charge in [0.05, 0.1) is 6.61 Å². The molecule has 1 aliphatic heterocycles. The number of rotatable bonds is 11. The van der Waals surface area contributed by atoms with Crippen molar-refractivity contribution in [1.82, 2.24) is 5.32 Å². The van der Waals surface area contributed by atoms with Gasteiger partial charge in [-0.05, 0) is 48.0 Å². The molecule has 4 rings (SSSR count). The molecule has 3 aromatic rings. The summed E-state index contributed by atoms with van der Waals surface area (Å²) in [7, 11) is 0. The highest BCUT2D eigenvalue weighted by Crippen LogP contribution is 2.45. The molecule has 38 heavy (non-hydrogen) atoms. The lowest BCUT2D eigenvalue weighted by atomic mass is 9.82. The van der Waals surface area contributed by atoms with E-state index in [0.717, 1.165) is 10.0 Å². The number of aliphatic hydroxyl groups excluding tert-OH is 1. The van der Waals surface area contributed by atoms with Crippen LogP contribution in [0.5, 0.6) is 5.75 Å². The minimum absolute atomic E-state index is 0.0604. The number of hydrogen-bond donors (Lipinski definition) is 2. The molecule has 0 aromatic heterocycles. The molecule has 0 saturated heterocycles. The zero-order chi connectivity index (χ0) is 27.1. The molecule has 0 radical (unpaired) electrons. The van der Waals surface area contributed by atoms with Gasteiger partial charge >= 0.3 is 0 Å². The van der Waals surface area contributed by atoms with Gasteiger partial charge in [0.15, 0.2) is 11.6 Å². The van der Waals surface area contributed by atoms with Crippen LogP contribution >= 0.6 is 39.1 Å². The SMILES string of the molecule is C=CCNC(=O)[C@]1(Cc2ccccc2Br)N=C(c2ccc(OCCCO)cc2)O[C@@H]1c1ccc(Cl)cc1Cl. The molecule has 0 spiro atoms. The summed E-state index contributed by atoms with van der Waals surface area (Å²) >= 11 is 16.4. The van der Waals surface area contributed by atoms with Gasteiger partial charge in [-0.2, -0.15) is 0 Å². The normalized spacial score (nSPS) is 18.4. The average molecular weight is 618 g/mol. The van der Waals surface area contributed by atoms with Crippen LogP contribution in [0.3, 0.4) is 0 Å². The number of aliphatic hydroxyl groups is 1. The Hall–Kier alpha value is -2.84. The van der Waals surface area contributed by atoms with Gasteiger partial charge in [-0.1, -0.05) is 69.5 Å².